The van der Waals surface area contributed by atoms with Crippen molar-refractivity contribution < 1.29 is 14.3 Å². The zero-order chi connectivity index (χ0) is 20.7. The molecule has 0 spiro atoms. The molecule has 2 rings (SSSR count). The molecule has 27 heavy (non-hydrogen) atoms. The molecule has 0 unspecified atom stereocenters. The molecular weight excluding hydrogens is 342 g/mol. The SMILES string of the molecule is CC(C)(C)CC(=O)N1CCOCC1.CN1CCN(C(=O)CC(C)(C)C)CC1. The molecule has 6 nitrogen and oxygen atoms in total. The summed E-state index contributed by atoms with van der Waals surface area (Å²) in [5.74, 6) is 0.571. The predicted molar refractivity (Wildman–Crippen MR) is 110 cm³/mol. The number of morpholine rings is 1. The van der Waals surface area contributed by atoms with Crippen LogP contribution in [-0.2, 0) is 14.3 Å². The van der Waals surface area contributed by atoms with E-state index >= 15 is 0 Å². The van der Waals surface area contributed by atoms with Gasteiger partial charge >= 0.3 is 0 Å². The van der Waals surface area contributed by atoms with Gasteiger partial charge in [-0.3, -0.25) is 9.59 Å². The van der Waals surface area contributed by atoms with Crippen LogP contribution in [0.3, 0.4) is 0 Å². The van der Waals surface area contributed by atoms with Gasteiger partial charge in [0.2, 0.25) is 11.8 Å². The summed E-state index contributed by atoms with van der Waals surface area (Å²) in [6.45, 7) is 19.3. The Hall–Kier alpha value is -1.14. The Bertz CT molecular complexity index is 466. The molecule has 2 fully saturated rings. The summed E-state index contributed by atoms with van der Waals surface area (Å²) in [4.78, 5) is 29.7. The van der Waals surface area contributed by atoms with Crippen LogP contribution in [0, 0.1) is 10.8 Å². The Morgan fingerprint density at radius 3 is 1.44 bits per heavy atom. The highest BCUT2D eigenvalue weighted by atomic mass is 16.5. The smallest absolute Gasteiger partial charge is 0.223 e. The van der Waals surface area contributed by atoms with E-state index in [0.717, 1.165) is 39.3 Å². The van der Waals surface area contributed by atoms with Crippen molar-refractivity contribution in [3.8, 4) is 0 Å². The van der Waals surface area contributed by atoms with E-state index in [4.69, 9.17) is 4.74 Å². The topological polar surface area (TPSA) is 53.1 Å². The number of hydrogen-bond donors (Lipinski definition) is 0. The van der Waals surface area contributed by atoms with Crippen LogP contribution < -0.4 is 0 Å². The summed E-state index contributed by atoms with van der Waals surface area (Å²) in [6, 6.07) is 0. The molecular formula is C21H41N3O3. The van der Waals surface area contributed by atoms with Crippen LogP contribution in [0.2, 0.25) is 0 Å². The van der Waals surface area contributed by atoms with E-state index in [1.165, 1.54) is 0 Å². The second-order valence-corrected chi connectivity index (χ2v) is 10.2. The van der Waals surface area contributed by atoms with Gasteiger partial charge < -0.3 is 19.4 Å². The fraction of sp³-hybridized carbons (Fsp3) is 0.905. The third kappa shape index (κ3) is 10.7. The monoisotopic (exact) mass is 383 g/mol. The maximum atomic E-state index is 11.8. The maximum absolute atomic E-state index is 11.8. The lowest BCUT2D eigenvalue weighted by Crippen LogP contribution is -2.47. The van der Waals surface area contributed by atoms with E-state index in [1.807, 2.05) is 9.80 Å². The molecule has 2 heterocycles. The highest BCUT2D eigenvalue weighted by molar-refractivity contribution is 5.77. The van der Waals surface area contributed by atoms with Crippen LogP contribution in [0.25, 0.3) is 0 Å². The standard InChI is InChI=1S/C11H22N2O.C10H19NO2/c1-11(2,3)9-10(14)13-7-5-12(4)6-8-13;1-10(2,3)8-9(12)11-4-6-13-7-5-11/h5-9H2,1-4H3;4-8H2,1-3H3. The maximum Gasteiger partial charge on any atom is 0.223 e. The van der Waals surface area contributed by atoms with E-state index < -0.39 is 0 Å². The Morgan fingerprint density at radius 2 is 1.07 bits per heavy atom. The molecule has 2 aliphatic rings. The van der Waals surface area contributed by atoms with Crippen molar-refractivity contribution in [1.29, 1.82) is 0 Å². The summed E-state index contributed by atoms with van der Waals surface area (Å²) >= 11 is 0. The fourth-order valence-electron chi connectivity index (χ4n) is 3.00. The number of nitrogens with zero attached hydrogens (tertiary/aromatic N) is 3. The van der Waals surface area contributed by atoms with E-state index in [1.54, 1.807) is 0 Å². The van der Waals surface area contributed by atoms with E-state index in [-0.39, 0.29) is 16.7 Å². The molecule has 0 aliphatic carbocycles. The minimum Gasteiger partial charge on any atom is -0.378 e. The highest BCUT2D eigenvalue weighted by Crippen LogP contribution is 2.21. The molecule has 2 saturated heterocycles. The Labute approximate surface area is 166 Å². The molecule has 0 aromatic rings. The van der Waals surface area contributed by atoms with Gasteiger partial charge in [0.1, 0.15) is 0 Å². The van der Waals surface area contributed by atoms with Gasteiger partial charge in [0.05, 0.1) is 13.2 Å². The number of amides is 2. The molecule has 0 radical (unpaired) electrons. The minimum absolute atomic E-state index is 0.0926. The van der Waals surface area contributed by atoms with Gasteiger partial charge in [-0.25, -0.2) is 0 Å². The average Bonchev–Trinajstić information content (AvgIpc) is 2.54. The van der Waals surface area contributed by atoms with Crippen molar-refractivity contribution in [2.75, 3.05) is 59.5 Å². The van der Waals surface area contributed by atoms with Gasteiger partial charge in [0.25, 0.3) is 0 Å². The van der Waals surface area contributed by atoms with Crippen LogP contribution in [0.1, 0.15) is 54.4 Å². The summed E-state index contributed by atoms with van der Waals surface area (Å²) in [5.41, 5.74) is 0.204. The average molecular weight is 384 g/mol. The van der Waals surface area contributed by atoms with Crippen LogP contribution in [0.15, 0.2) is 0 Å². The number of rotatable bonds is 2. The molecule has 6 heteroatoms. The summed E-state index contributed by atoms with van der Waals surface area (Å²) < 4.78 is 5.19. The predicted octanol–water partition coefficient (Wildman–Crippen LogP) is 2.48. The second-order valence-electron chi connectivity index (χ2n) is 10.2. The van der Waals surface area contributed by atoms with Crippen LogP contribution in [0.4, 0.5) is 0 Å². The number of ether oxygens (including phenoxy) is 1. The van der Waals surface area contributed by atoms with Gasteiger partial charge in [0, 0.05) is 52.1 Å². The fourth-order valence-corrected chi connectivity index (χ4v) is 3.00. The largest absolute Gasteiger partial charge is 0.378 e. The van der Waals surface area contributed by atoms with Gasteiger partial charge in [-0.15, -0.1) is 0 Å². The van der Waals surface area contributed by atoms with Gasteiger partial charge in [0.15, 0.2) is 0 Å². The lowest BCUT2D eigenvalue weighted by molar-refractivity contribution is -0.137. The Kier molecular flexibility index (Phi) is 9.22. The first-order valence-electron chi connectivity index (χ1n) is 10.2. The van der Waals surface area contributed by atoms with Gasteiger partial charge in [-0.1, -0.05) is 41.5 Å². The normalized spacial score (nSPS) is 19.4. The van der Waals surface area contributed by atoms with Crippen LogP contribution >= 0.6 is 0 Å². The molecule has 0 atom stereocenters. The number of hydrogen-bond acceptors (Lipinski definition) is 4. The van der Waals surface area contributed by atoms with Crippen molar-refractivity contribution in [2.45, 2.75) is 54.4 Å². The van der Waals surface area contributed by atoms with Crippen LogP contribution in [0.5, 0.6) is 0 Å². The number of likely N-dealkylation sites (N-methyl/N-ethyl adjacent to an activating group) is 1. The number of carbonyl (C=O) groups excluding carboxylic acids is 2. The molecule has 0 aromatic heterocycles. The Morgan fingerprint density at radius 1 is 0.704 bits per heavy atom. The number of piperazine rings is 1. The van der Waals surface area contributed by atoms with Gasteiger partial charge in [-0.05, 0) is 17.9 Å². The summed E-state index contributed by atoms with van der Waals surface area (Å²) in [7, 11) is 2.10. The molecule has 2 amide bonds. The lowest BCUT2D eigenvalue weighted by atomic mass is 9.91. The molecule has 2 aliphatic heterocycles. The third-order valence-electron chi connectivity index (χ3n) is 4.58. The molecule has 0 N–H and O–H groups in total. The zero-order valence-electron chi connectivity index (χ0n) is 18.6. The van der Waals surface area contributed by atoms with Crippen molar-refractivity contribution in [3.63, 3.8) is 0 Å². The zero-order valence-corrected chi connectivity index (χ0v) is 18.6. The first-order chi connectivity index (χ1) is 12.4. The second kappa shape index (κ2) is 10.4. The van der Waals surface area contributed by atoms with Gasteiger partial charge in [-0.2, -0.15) is 0 Å². The third-order valence-corrected chi connectivity index (χ3v) is 4.58. The van der Waals surface area contributed by atoms with E-state index in [9.17, 15) is 9.59 Å². The van der Waals surface area contributed by atoms with E-state index in [0.29, 0.717) is 32.0 Å². The summed E-state index contributed by atoms with van der Waals surface area (Å²) in [6.07, 6.45) is 1.30. The lowest BCUT2D eigenvalue weighted by Gasteiger charge is -2.34. The molecule has 0 aromatic carbocycles. The Balaban J connectivity index is 0.000000271. The minimum atomic E-state index is 0.0926. The molecule has 158 valence electrons. The quantitative estimate of drug-likeness (QED) is 0.735. The first kappa shape index (κ1) is 23.9. The first-order valence-corrected chi connectivity index (χ1v) is 10.2. The van der Waals surface area contributed by atoms with Crippen molar-refractivity contribution in [2.24, 2.45) is 10.8 Å². The van der Waals surface area contributed by atoms with Crippen LogP contribution in [-0.4, -0.2) is 86.0 Å². The van der Waals surface area contributed by atoms with Crippen molar-refractivity contribution in [3.05, 3.63) is 0 Å². The molecule has 0 bridgehead atoms. The van der Waals surface area contributed by atoms with E-state index in [2.05, 4.69) is 53.5 Å². The number of carbonyl (C=O) groups is 2. The molecule has 0 saturated carbocycles. The highest BCUT2D eigenvalue weighted by Gasteiger charge is 2.24. The van der Waals surface area contributed by atoms with Crippen molar-refractivity contribution in [1.82, 2.24) is 14.7 Å². The van der Waals surface area contributed by atoms with Crippen molar-refractivity contribution >= 4 is 11.8 Å². The summed E-state index contributed by atoms with van der Waals surface area (Å²) in [5, 5.41) is 0.